The molecule has 1 aromatic rings. The predicted molar refractivity (Wildman–Crippen MR) is 79.4 cm³/mol. The van der Waals surface area contributed by atoms with Crippen molar-refractivity contribution >= 4 is 11.4 Å². The molecule has 1 rings (SSSR count). The molecule has 1 aromatic carbocycles. The fourth-order valence-electron chi connectivity index (χ4n) is 2.01. The van der Waals surface area contributed by atoms with Crippen LogP contribution in [0.4, 0.5) is 11.4 Å². The van der Waals surface area contributed by atoms with E-state index >= 15 is 0 Å². The second-order valence-corrected chi connectivity index (χ2v) is 4.61. The second-order valence-electron chi connectivity index (χ2n) is 4.61. The van der Waals surface area contributed by atoms with E-state index in [2.05, 4.69) is 44.7 Å². The van der Waals surface area contributed by atoms with Gasteiger partial charge in [-0.05, 0) is 38.8 Å². The van der Waals surface area contributed by atoms with Crippen molar-refractivity contribution in [2.24, 2.45) is 0 Å². The molecule has 0 saturated carbocycles. The number of nitrogen functional groups attached to an aromatic ring is 1. The van der Waals surface area contributed by atoms with Crippen molar-refractivity contribution in [3.63, 3.8) is 0 Å². The minimum Gasteiger partial charge on any atom is -0.491 e. The van der Waals surface area contributed by atoms with E-state index in [0.29, 0.717) is 18.3 Å². The van der Waals surface area contributed by atoms with Crippen molar-refractivity contribution in [3.8, 4) is 5.75 Å². The van der Waals surface area contributed by atoms with Crippen molar-refractivity contribution < 1.29 is 4.74 Å². The number of nitrogens with zero attached hydrogens (tertiary/aromatic N) is 1. The molecule has 0 amide bonds. The number of nitrogens with two attached hydrogens (primary N) is 1. The highest BCUT2D eigenvalue weighted by atomic mass is 16.5. The number of benzene rings is 1. The van der Waals surface area contributed by atoms with Gasteiger partial charge in [-0.15, -0.1) is 0 Å². The molecule has 0 aliphatic carbocycles. The SMILES string of the molecule is CCCOc1cc(N(CC)C(C)CC)ccc1N. The zero-order valence-electron chi connectivity index (χ0n) is 12.1. The maximum Gasteiger partial charge on any atom is 0.144 e. The molecule has 18 heavy (non-hydrogen) atoms. The van der Waals surface area contributed by atoms with Crippen LogP contribution in [0.25, 0.3) is 0 Å². The normalized spacial score (nSPS) is 12.2. The highest BCUT2D eigenvalue weighted by molar-refractivity contribution is 5.62. The monoisotopic (exact) mass is 250 g/mol. The summed E-state index contributed by atoms with van der Waals surface area (Å²) in [4.78, 5) is 2.37. The lowest BCUT2D eigenvalue weighted by atomic mass is 10.1. The van der Waals surface area contributed by atoms with Gasteiger partial charge in [-0.25, -0.2) is 0 Å². The summed E-state index contributed by atoms with van der Waals surface area (Å²) in [7, 11) is 0. The van der Waals surface area contributed by atoms with Crippen LogP contribution in [-0.2, 0) is 0 Å². The summed E-state index contributed by atoms with van der Waals surface area (Å²) in [6, 6.07) is 6.59. The number of hydrogen-bond acceptors (Lipinski definition) is 3. The molecule has 3 nitrogen and oxygen atoms in total. The Bertz CT molecular complexity index is 366. The molecule has 2 N–H and O–H groups in total. The van der Waals surface area contributed by atoms with Crippen LogP contribution in [0.3, 0.4) is 0 Å². The molecule has 0 radical (unpaired) electrons. The standard InChI is InChI=1S/C15H26N2O/c1-5-10-18-15-11-13(8-9-14(15)16)17(7-3)12(4)6-2/h8-9,11-12H,5-7,10,16H2,1-4H3. The van der Waals surface area contributed by atoms with E-state index in [-0.39, 0.29) is 0 Å². The number of hydrogen-bond donors (Lipinski definition) is 1. The van der Waals surface area contributed by atoms with Crippen molar-refractivity contribution in [1.29, 1.82) is 0 Å². The molecule has 0 aromatic heterocycles. The smallest absolute Gasteiger partial charge is 0.144 e. The summed E-state index contributed by atoms with van der Waals surface area (Å²) in [5.41, 5.74) is 7.84. The average molecular weight is 250 g/mol. The first-order valence-corrected chi connectivity index (χ1v) is 6.92. The van der Waals surface area contributed by atoms with Crippen LogP contribution >= 0.6 is 0 Å². The van der Waals surface area contributed by atoms with Gasteiger partial charge in [-0.2, -0.15) is 0 Å². The predicted octanol–water partition coefficient (Wildman–Crippen LogP) is 3.68. The molecule has 102 valence electrons. The van der Waals surface area contributed by atoms with Gasteiger partial charge >= 0.3 is 0 Å². The van der Waals surface area contributed by atoms with Gasteiger partial charge in [-0.3, -0.25) is 0 Å². The summed E-state index contributed by atoms with van der Waals surface area (Å²) in [5.74, 6) is 0.802. The molecular formula is C15H26N2O. The van der Waals surface area contributed by atoms with E-state index in [4.69, 9.17) is 10.5 Å². The van der Waals surface area contributed by atoms with E-state index in [1.807, 2.05) is 6.07 Å². The third-order valence-electron chi connectivity index (χ3n) is 3.25. The summed E-state index contributed by atoms with van der Waals surface area (Å²) in [6.45, 7) is 10.4. The Morgan fingerprint density at radius 2 is 2.00 bits per heavy atom. The topological polar surface area (TPSA) is 38.5 Å². The Morgan fingerprint density at radius 3 is 2.56 bits per heavy atom. The quantitative estimate of drug-likeness (QED) is 0.750. The van der Waals surface area contributed by atoms with Crippen molar-refractivity contribution in [3.05, 3.63) is 18.2 Å². The lowest BCUT2D eigenvalue weighted by Gasteiger charge is -2.30. The summed E-state index contributed by atoms with van der Waals surface area (Å²) in [5, 5.41) is 0. The van der Waals surface area contributed by atoms with Crippen LogP contribution < -0.4 is 15.4 Å². The Kier molecular flexibility index (Phi) is 5.83. The zero-order chi connectivity index (χ0) is 13.5. The number of ether oxygens (including phenoxy) is 1. The molecule has 0 aliphatic heterocycles. The molecule has 0 bridgehead atoms. The molecule has 1 atom stereocenters. The molecule has 0 aliphatic rings. The molecule has 0 heterocycles. The largest absolute Gasteiger partial charge is 0.491 e. The van der Waals surface area contributed by atoms with E-state index in [1.54, 1.807) is 0 Å². The third kappa shape index (κ3) is 3.56. The molecular weight excluding hydrogens is 224 g/mol. The molecule has 1 unspecified atom stereocenters. The van der Waals surface area contributed by atoms with Crippen LogP contribution in [0.2, 0.25) is 0 Å². The fourth-order valence-corrected chi connectivity index (χ4v) is 2.01. The number of anilines is 2. The van der Waals surface area contributed by atoms with Crippen LogP contribution in [0.15, 0.2) is 18.2 Å². The third-order valence-corrected chi connectivity index (χ3v) is 3.25. The molecule has 0 fully saturated rings. The zero-order valence-corrected chi connectivity index (χ0v) is 12.1. The van der Waals surface area contributed by atoms with Gasteiger partial charge in [0.1, 0.15) is 5.75 Å². The lowest BCUT2D eigenvalue weighted by molar-refractivity contribution is 0.319. The first-order chi connectivity index (χ1) is 8.63. The van der Waals surface area contributed by atoms with Crippen molar-refractivity contribution in [1.82, 2.24) is 0 Å². The minimum absolute atomic E-state index is 0.526. The van der Waals surface area contributed by atoms with Gasteiger partial charge in [0.2, 0.25) is 0 Å². The van der Waals surface area contributed by atoms with Crippen LogP contribution in [0.1, 0.15) is 40.5 Å². The van der Waals surface area contributed by atoms with Gasteiger partial charge in [-0.1, -0.05) is 13.8 Å². The van der Waals surface area contributed by atoms with Crippen molar-refractivity contribution in [2.45, 2.75) is 46.6 Å². The first kappa shape index (κ1) is 14.7. The lowest BCUT2D eigenvalue weighted by Crippen LogP contribution is -2.32. The minimum atomic E-state index is 0.526. The Morgan fingerprint density at radius 1 is 1.28 bits per heavy atom. The van der Waals surface area contributed by atoms with Crippen LogP contribution in [0.5, 0.6) is 5.75 Å². The van der Waals surface area contributed by atoms with Crippen LogP contribution in [0, 0.1) is 0 Å². The average Bonchev–Trinajstić information content (AvgIpc) is 2.39. The van der Waals surface area contributed by atoms with Crippen LogP contribution in [-0.4, -0.2) is 19.2 Å². The maximum absolute atomic E-state index is 5.94. The van der Waals surface area contributed by atoms with Gasteiger partial charge in [0.05, 0.1) is 12.3 Å². The van der Waals surface area contributed by atoms with E-state index in [9.17, 15) is 0 Å². The summed E-state index contributed by atoms with van der Waals surface area (Å²) < 4.78 is 5.68. The molecule has 3 heteroatoms. The van der Waals surface area contributed by atoms with Gasteiger partial charge in [0.15, 0.2) is 0 Å². The molecule has 0 saturated heterocycles. The Labute approximate surface area is 111 Å². The Balaban J connectivity index is 2.94. The van der Waals surface area contributed by atoms with Gasteiger partial charge in [0, 0.05) is 24.3 Å². The van der Waals surface area contributed by atoms with Gasteiger partial charge < -0.3 is 15.4 Å². The highest BCUT2D eigenvalue weighted by Gasteiger charge is 2.12. The first-order valence-electron chi connectivity index (χ1n) is 6.92. The van der Waals surface area contributed by atoms with E-state index in [0.717, 1.165) is 25.1 Å². The van der Waals surface area contributed by atoms with Crippen molar-refractivity contribution in [2.75, 3.05) is 23.8 Å². The number of rotatable bonds is 7. The van der Waals surface area contributed by atoms with E-state index in [1.165, 1.54) is 5.69 Å². The maximum atomic E-state index is 5.94. The summed E-state index contributed by atoms with van der Waals surface area (Å²) >= 11 is 0. The summed E-state index contributed by atoms with van der Waals surface area (Å²) in [6.07, 6.45) is 2.12. The second kappa shape index (κ2) is 7.14. The molecule has 0 spiro atoms. The highest BCUT2D eigenvalue weighted by Crippen LogP contribution is 2.29. The van der Waals surface area contributed by atoms with Gasteiger partial charge in [0.25, 0.3) is 0 Å². The van der Waals surface area contributed by atoms with E-state index < -0.39 is 0 Å². The fraction of sp³-hybridized carbons (Fsp3) is 0.600. The Hall–Kier alpha value is -1.38.